The van der Waals surface area contributed by atoms with Gasteiger partial charge >= 0.3 is 0 Å². The average Bonchev–Trinajstić information content (AvgIpc) is 2.81. The summed E-state index contributed by atoms with van der Waals surface area (Å²) in [5, 5.41) is 2.35. The monoisotopic (exact) mass is 445 g/mol. The number of hydrogen-bond donors (Lipinski definition) is 2. The van der Waals surface area contributed by atoms with E-state index >= 15 is 4.39 Å². The van der Waals surface area contributed by atoms with Crippen molar-refractivity contribution in [2.75, 3.05) is 13.6 Å². The first kappa shape index (κ1) is 19.3. The number of carbonyl (C=O) groups is 1. The van der Waals surface area contributed by atoms with Crippen LogP contribution in [0.5, 0.6) is 5.75 Å². The van der Waals surface area contributed by atoms with E-state index in [9.17, 15) is 14.0 Å². The molecule has 1 aromatic carbocycles. The van der Waals surface area contributed by atoms with E-state index in [2.05, 4.69) is 20.3 Å². The minimum absolute atomic E-state index is 0.0474. The molecule has 3 heterocycles. The van der Waals surface area contributed by atoms with Gasteiger partial charge in [0.25, 0.3) is 17.4 Å². The molecule has 1 amide bonds. The first-order valence-electron chi connectivity index (χ1n) is 11.1. The molecule has 3 aromatic rings. The number of H-pyrrole nitrogens is 1. The van der Waals surface area contributed by atoms with Gasteiger partial charge in [-0.15, -0.1) is 0 Å². The van der Waals surface area contributed by atoms with E-state index in [1.54, 1.807) is 13.8 Å². The van der Waals surface area contributed by atoms with Crippen LogP contribution in [0.4, 0.5) is 8.78 Å². The van der Waals surface area contributed by atoms with Crippen molar-refractivity contribution in [3.05, 3.63) is 63.3 Å². The SMILES string of the molecule is [2H]C([2H])(c1ccc2nc(CC)c(=O)[nH]c2c1F)N1C[C@H](Oc2ccc(C(=O)NC)nc2F)[C@H]1C. The van der Waals surface area contributed by atoms with Gasteiger partial charge in [-0.25, -0.2) is 14.4 Å². The highest BCUT2D eigenvalue weighted by molar-refractivity contribution is 5.92. The van der Waals surface area contributed by atoms with E-state index in [0.717, 1.165) is 0 Å². The average molecular weight is 445 g/mol. The van der Waals surface area contributed by atoms with E-state index in [4.69, 9.17) is 7.48 Å². The second kappa shape index (κ2) is 8.62. The van der Waals surface area contributed by atoms with Crippen LogP contribution in [0.25, 0.3) is 11.0 Å². The molecule has 0 radical (unpaired) electrons. The van der Waals surface area contributed by atoms with Gasteiger partial charge in [-0.05, 0) is 31.5 Å². The van der Waals surface area contributed by atoms with Crippen molar-refractivity contribution in [3.63, 3.8) is 0 Å². The summed E-state index contributed by atoms with van der Waals surface area (Å²) < 4.78 is 52.3. The smallest absolute Gasteiger partial charge is 0.270 e. The molecule has 2 atom stereocenters. The van der Waals surface area contributed by atoms with Crippen LogP contribution < -0.4 is 15.6 Å². The van der Waals surface area contributed by atoms with E-state index in [0.29, 0.717) is 6.42 Å². The Morgan fingerprint density at radius 3 is 2.78 bits per heavy atom. The number of pyridine rings is 1. The summed E-state index contributed by atoms with van der Waals surface area (Å²) in [5.74, 6) is -2.57. The normalized spacial score (nSPS) is 19.8. The van der Waals surface area contributed by atoms with Gasteiger partial charge < -0.3 is 15.0 Å². The van der Waals surface area contributed by atoms with Gasteiger partial charge in [0, 0.05) is 34.4 Å². The molecule has 4 rings (SSSR count). The van der Waals surface area contributed by atoms with Gasteiger partial charge in [0.15, 0.2) is 11.6 Å². The quantitative estimate of drug-likeness (QED) is 0.564. The fraction of sp³-hybridized carbons (Fsp3) is 0.364. The molecule has 1 saturated heterocycles. The van der Waals surface area contributed by atoms with Crippen LogP contribution >= 0.6 is 0 Å². The minimum atomic E-state index is -2.24. The molecule has 2 N–H and O–H groups in total. The predicted molar refractivity (Wildman–Crippen MR) is 114 cm³/mol. The molecule has 1 fully saturated rings. The lowest BCUT2D eigenvalue weighted by atomic mass is 9.99. The molecule has 0 unspecified atom stereocenters. The summed E-state index contributed by atoms with van der Waals surface area (Å²) in [5.41, 5.74) is -0.532. The Kier molecular flexibility index (Phi) is 5.20. The van der Waals surface area contributed by atoms with Crippen molar-refractivity contribution in [3.8, 4) is 5.75 Å². The number of ether oxygens (including phenoxy) is 1. The van der Waals surface area contributed by atoms with E-state index in [1.807, 2.05) is 0 Å². The lowest BCUT2D eigenvalue weighted by molar-refractivity contribution is -0.0437. The zero-order valence-electron chi connectivity index (χ0n) is 19.7. The molecule has 8 nitrogen and oxygen atoms in total. The topological polar surface area (TPSA) is 100 Å². The Morgan fingerprint density at radius 1 is 1.34 bits per heavy atom. The summed E-state index contributed by atoms with van der Waals surface area (Å²) in [6.07, 6.45) is -0.207. The van der Waals surface area contributed by atoms with Crippen LogP contribution in [0, 0.1) is 11.8 Å². The van der Waals surface area contributed by atoms with E-state index < -0.39 is 41.9 Å². The Balaban J connectivity index is 1.55. The molecule has 32 heavy (non-hydrogen) atoms. The number of halogens is 2. The van der Waals surface area contributed by atoms with Crippen LogP contribution in [0.2, 0.25) is 0 Å². The van der Waals surface area contributed by atoms with Crippen molar-refractivity contribution in [1.29, 1.82) is 0 Å². The lowest BCUT2D eigenvalue weighted by Crippen LogP contribution is -2.60. The van der Waals surface area contributed by atoms with Gasteiger partial charge in [0.2, 0.25) is 0 Å². The molecule has 0 spiro atoms. The van der Waals surface area contributed by atoms with E-state index in [-0.39, 0.29) is 40.3 Å². The summed E-state index contributed by atoms with van der Waals surface area (Å²) in [6.45, 7) is 1.24. The summed E-state index contributed by atoms with van der Waals surface area (Å²) in [6, 6.07) is 4.84. The molecular formula is C22H23F2N5O3. The number of aromatic amines is 1. The first-order valence-corrected chi connectivity index (χ1v) is 10.1. The molecule has 0 saturated carbocycles. The Bertz CT molecular complexity index is 1330. The number of rotatable bonds is 6. The van der Waals surface area contributed by atoms with Crippen LogP contribution in [-0.4, -0.2) is 51.5 Å². The molecule has 0 bridgehead atoms. The van der Waals surface area contributed by atoms with Gasteiger partial charge in [0.05, 0.1) is 5.52 Å². The van der Waals surface area contributed by atoms with Crippen LogP contribution in [0.1, 0.15) is 38.3 Å². The molecule has 10 heteroatoms. The number of fused-ring (bicyclic) bond motifs is 1. The maximum atomic E-state index is 15.3. The van der Waals surface area contributed by atoms with Gasteiger partial charge in [-0.2, -0.15) is 4.39 Å². The van der Waals surface area contributed by atoms with Crippen molar-refractivity contribution in [2.45, 2.75) is 38.9 Å². The fourth-order valence-corrected chi connectivity index (χ4v) is 3.43. The highest BCUT2D eigenvalue weighted by atomic mass is 19.1. The molecule has 1 aliphatic rings. The predicted octanol–water partition coefficient (Wildman–Crippen LogP) is 2.17. The number of nitrogens with zero attached hydrogens (tertiary/aromatic N) is 3. The van der Waals surface area contributed by atoms with Gasteiger partial charge in [-0.3, -0.25) is 14.5 Å². The number of nitrogens with one attached hydrogen (secondary N) is 2. The number of aromatic nitrogens is 3. The number of benzene rings is 1. The number of aryl methyl sites for hydroxylation is 1. The third-order valence-corrected chi connectivity index (χ3v) is 5.43. The molecular weight excluding hydrogens is 420 g/mol. The highest BCUT2D eigenvalue weighted by Crippen LogP contribution is 2.28. The van der Waals surface area contributed by atoms with Crippen LogP contribution in [-0.2, 0) is 12.9 Å². The van der Waals surface area contributed by atoms with Crippen molar-refractivity contribution >= 4 is 16.9 Å². The number of amides is 1. The summed E-state index contributed by atoms with van der Waals surface area (Å²) >= 11 is 0. The van der Waals surface area contributed by atoms with Crippen LogP contribution in [0.15, 0.2) is 29.1 Å². The molecule has 168 valence electrons. The number of likely N-dealkylation sites (tertiary alicyclic amines) is 1. The van der Waals surface area contributed by atoms with Gasteiger partial charge in [-0.1, -0.05) is 13.0 Å². The third kappa shape index (κ3) is 3.93. The number of carbonyl (C=O) groups excluding carboxylic acids is 1. The first-order chi connectivity index (χ1) is 16.1. The standard InChI is InChI=1S/C22H23F2N5O3/c1-4-13-22(31)28-19-14(26-13)6-5-12(18(19)23)9-29-10-17(11(29)2)32-16-8-7-15(21(30)25-3)27-20(16)24/h5-8,11,17H,4,9-10H2,1-3H3,(H,25,30)(H,28,31)/t11-,17+/m1/s1/i9D2. The molecule has 1 aliphatic heterocycles. The fourth-order valence-electron chi connectivity index (χ4n) is 3.43. The van der Waals surface area contributed by atoms with E-state index in [1.165, 1.54) is 36.2 Å². The van der Waals surface area contributed by atoms with Crippen molar-refractivity contribution in [1.82, 2.24) is 25.2 Å². The second-order valence-corrected chi connectivity index (χ2v) is 7.41. The highest BCUT2D eigenvalue weighted by Gasteiger charge is 2.38. The zero-order chi connectivity index (χ0) is 24.8. The van der Waals surface area contributed by atoms with Crippen LogP contribution in [0.3, 0.4) is 0 Å². The van der Waals surface area contributed by atoms with Gasteiger partial charge in [0.1, 0.15) is 23.0 Å². The molecule has 2 aromatic heterocycles. The minimum Gasteiger partial charge on any atom is -0.483 e. The van der Waals surface area contributed by atoms with Crippen molar-refractivity contribution < 1.29 is 21.1 Å². The number of hydrogen-bond acceptors (Lipinski definition) is 6. The summed E-state index contributed by atoms with van der Waals surface area (Å²) in [7, 11) is 1.40. The Labute approximate surface area is 185 Å². The maximum Gasteiger partial charge on any atom is 0.270 e. The molecule has 0 aliphatic carbocycles. The zero-order valence-corrected chi connectivity index (χ0v) is 17.7. The van der Waals surface area contributed by atoms with Crippen molar-refractivity contribution in [2.24, 2.45) is 0 Å². The maximum absolute atomic E-state index is 15.3. The third-order valence-electron chi connectivity index (χ3n) is 5.43. The Morgan fingerprint density at radius 2 is 2.12 bits per heavy atom. The Hall–Kier alpha value is -3.40. The summed E-state index contributed by atoms with van der Waals surface area (Å²) in [4.78, 5) is 35.2. The lowest BCUT2D eigenvalue weighted by Gasteiger charge is -2.45. The largest absolute Gasteiger partial charge is 0.483 e. The second-order valence-electron chi connectivity index (χ2n) is 7.41.